The molecular weight excluding hydrogens is 515 g/mol. The molecule has 176 valence electrons. The Balaban J connectivity index is 1.78. The van der Waals surface area contributed by atoms with Crippen molar-refractivity contribution in [3.05, 3.63) is 103 Å². The van der Waals surface area contributed by atoms with E-state index in [1.54, 1.807) is 6.07 Å². The number of thiazole rings is 2. The maximum absolute atomic E-state index is 6.80. The lowest BCUT2D eigenvalue weighted by Gasteiger charge is -2.19. The van der Waals surface area contributed by atoms with Crippen LogP contribution in [0.25, 0.3) is 22.5 Å². The number of nitrogens with zero attached hydrogens (tertiary/aromatic N) is 2. The van der Waals surface area contributed by atoms with Crippen LogP contribution in [0.1, 0.15) is 32.4 Å². The van der Waals surface area contributed by atoms with E-state index in [1.165, 1.54) is 33.8 Å². The Kier molecular flexibility index (Phi) is 6.55. The van der Waals surface area contributed by atoms with Gasteiger partial charge in [-0.05, 0) is 31.5 Å². The van der Waals surface area contributed by atoms with E-state index in [4.69, 9.17) is 44.6 Å². The number of nitrogens with two attached hydrogens (primary N) is 2. The highest BCUT2D eigenvalue weighted by Crippen LogP contribution is 2.49. The minimum absolute atomic E-state index is 0.281. The van der Waals surface area contributed by atoms with E-state index in [9.17, 15) is 0 Å². The lowest BCUT2D eigenvalue weighted by atomic mass is 9.90. The van der Waals surface area contributed by atoms with Crippen molar-refractivity contribution < 1.29 is 0 Å². The molecule has 0 aliphatic heterocycles. The van der Waals surface area contributed by atoms with Crippen molar-refractivity contribution in [1.29, 1.82) is 0 Å². The van der Waals surface area contributed by atoms with Crippen molar-refractivity contribution >= 4 is 56.1 Å². The van der Waals surface area contributed by atoms with E-state index in [2.05, 4.69) is 62.4 Å². The average molecular weight is 538 g/mol. The van der Waals surface area contributed by atoms with Crippen LogP contribution in [-0.2, 0) is 0 Å². The first-order chi connectivity index (χ1) is 16.8. The first-order valence-corrected chi connectivity index (χ1v) is 13.3. The number of rotatable bonds is 5. The van der Waals surface area contributed by atoms with E-state index >= 15 is 0 Å². The minimum atomic E-state index is -0.281. The maximum atomic E-state index is 6.80. The van der Waals surface area contributed by atoms with Crippen molar-refractivity contribution in [2.75, 3.05) is 11.5 Å². The Morgan fingerprint density at radius 2 is 1.14 bits per heavy atom. The Morgan fingerprint density at radius 1 is 0.686 bits per heavy atom. The number of anilines is 2. The van der Waals surface area contributed by atoms with Gasteiger partial charge in [0.25, 0.3) is 0 Å². The second-order valence-corrected chi connectivity index (χ2v) is 11.3. The van der Waals surface area contributed by atoms with Crippen molar-refractivity contribution in [2.24, 2.45) is 0 Å². The molecule has 8 heteroatoms. The molecule has 35 heavy (non-hydrogen) atoms. The molecule has 2 heterocycles. The highest BCUT2D eigenvalue weighted by Gasteiger charge is 2.31. The summed E-state index contributed by atoms with van der Waals surface area (Å²) in [5.74, 6) is -0.281. The van der Waals surface area contributed by atoms with Gasteiger partial charge in [-0.1, -0.05) is 88.9 Å². The quantitative estimate of drug-likeness (QED) is 0.237. The number of aromatic nitrogens is 2. The van der Waals surface area contributed by atoms with Gasteiger partial charge in [0, 0.05) is 30.9 Å². The fraction of sp³-hybridized carbons (Fsp3) is 0.111. The van der Waals surface area contributed by atoms with Gasteiger partial charge in [-0.3, -0.25) is 0 Å². The Bertz CT molecular complexity index is 1420. The summed E-state index contributed by atoms with van der Waals surface area (Å²) in [6, 6.07) is 22.1. The summed E-state index contributed by atoms with van der Waals surface area (Å²) in [4.78, 5) is 11.4. The van der Waals surface area contributed by atoms with Crippen LogP contribution in [0.3, 0.4) is 0 Å². The molecule has 0 atom stereocenters. The van der Waals surface area contributed by atoms with Crippen molar-refractivity contribution in [3.8, 4) is 22.5 Å². The fourth-order valence-corrected chi connectivity index (χ4v) is 6.63. The molecule has 2 aromatic heterocycles. The van der Waals surface area contributed by atoms with Crippen molar-refractivity contribution in [3.63, 3.8) is 0 Å². The zero-order valence-electron chi connectivity index (χ0n) is 19.0. The molecule has 5 rings (SSSR count). The first kappa shape index (κ1) is 23.8. The molecule has 0 amide bonds. The number of nitrogen functional groups attached to an aromatic ring is 2. The fourth-order valence-electron chi connectivity index (χ4n) is 4.06. The van der Waals surface area contributed by atoms with Crippen LogP contribution in [0.4, 0.5) is 10.3 Å². The topological polar surface area (TPSA) is 77.8 Å². The average Bonchev–Trinajstić information content (AvgIpc) is 3.39. The highest BCUT2D eigenvalue weighted by molar-refractivity contribution is 7.17. The highest BCUT2D eigenvalue weighted by atomic mass is 35.5. The third-order valence-corrected chi connectivity index (χ3v) is 8.25. The second-order valence-electron chi connectivity index (χ2n) is 8.36. The van der Waals surface area contributed by atoms with E-state index in [-0.39, 0.29) is 5.92 Å². The molecule has 0 radical (unpaired) electrons. The lowest BCUT2D eigenvalue weighted by molar-refractivity contribution is 1.03. The van der Waals surface area contributed by atoms with E-state index in [1.807, 2.05) is 12.1 Å². The summed E-state index contributed by atoms with van der Waals surface area (Å²) in [7, 11) is 0. The second kappa shape index (κ2) is 9.63. The van der Waals surface area contributed by atoms with Gasteiger partial charge in [-0.25, -0.2) is 9.97 Å². The number of halogens is 2. The largest absolute Gasteiger partial charge is 0.375 e. The molecule has 0 spiro atoms. The summed E-state index contributed by atoms with van der Waals surface area (Å²) in [6.07, 6.45) is 0. The summed E-state index contributed by atoms with van der Waals surface area (Å²) in [5, 5.41) is 2.11. The van der Waals surface area contributed by atoms with Crippen LogP contribution in [0.5, 0.6) is 0 Å². The number of aryl methyl sites for hydroxylation is 2. The van der Waals surface area contributed by atoms with E-state index in [0.29, 0.717) is 20.3 Å². The minimum Gasteiger partial charge on any atom is -0.375 e. The van der Waals surface area contributed by atoms with Crippen LogP contribution < -0.4 is 11.5 Å². The van der Waals surface area contributed by atoms with Crippen LogP contribution in [-0.4, -0.2) is 9.97 Å². The van der Waals surface area contributed by atoms with Gasteiger partial charge in [0.05, 0.1) is 17.3 Å². The van der Waals surface area contributed by atoms with Crippen molar-refractivity contribution in [2.45, 2.75) is 19.8 Å². The predicted octanol–water partition coefficient (Wildman–Crippen LogP) is 8.20. The number of benzene rings is 3. The molecule has 0 fully saturated rings. The first-order valence-electron chi connectivity index (χ1n) is 10.9. The number of hydrogen-bond donors (Lipinski definition) is 2. The van der Waals surface area contributed by atoms with E-state index in [0.717, 1.165) is 37.8 Å². The molecule has 3 aromatic carbocycles. The molecule has 5 aromatic rings. The van der Waals surface area contributed by atoms with Crippen LogP contribution >= 0.6 is 45.9 Å². The monoisotopic (exact) mass is 536 g/mol. The normalized spacial score (nSPS) is 11.3. The van der Waals surface area contributed by atoms with E-state index < -0.39 is 0 Å². The third kappa shape index (κ3) is 4.80. The van der Waals surface area contributed by atoms with Crippen LogP contribution in [0.15, 0.2) is 66.7 Å². The molecule has 0 aliphatic carbocycles. The summed E-state index contributed by atoms with van der Waals surface area (Å²) >= 11 is 16.0. The molecular formula is C27H22Cl2N4S2. The van der Waals surface area contributed by atoms with Gasteiger partial charge in [0.1, 0.15) is 0 Å². The predicted molar refractivity (Wildman–Crippen MR) is 151 cm³/mol. The van der Waals surface area contributed by atoms with Crippen LogP contribution in [0.2, 0.25) is 10.0 Å². The Morgan fingerprint density at radius 3 is 1.57 bits per heavy atom. The summed E-state index contributed by atoms with van der Waals surface area (Å²) in [5.41, 5.74) is 19.4. The molecule has 4 nitrogen and oxygen atoms in total. The van der Waals surface area contributed by atoms with Gasteiger partial charge in [-0.2, -0.15) is 0 Å². The van der Waals surface area contributed by atoms with Gasteiger partial charge >= 0.3 is 0 Å². The van der Waals surface area contributed by atoms with Gasteiger partial charge in [-0.15, -0.1) is 22.7 Å². The smallest absolute Gasteiger partial charge is 0.180 e. The molecule has 4 N–H and O–H groups in total. The molecule has 0 aliphatic rings. The SMILES string of the molecule is Cc1ccc(-c2nc(N)sc2C(c2ccc(Cl)cc2Cl)c2sc(N)nc2-c2ccc(C)cc2)cc1. The molecule has 0 bridgehead atoms. The zero-order valence-corrected chi connectivity index (χ0v) is 22.2. The van der Waals surface area contributed by atoms with Gasteiger partial charge < -0.3 is 11.5 Å². The zero-order chi connectivity index (χ0) is 24.7. The maximum Gasteiger partial charge on any atom is 0.180 e. The number of hydrogen-bond acceptors (Lipinski definition) is 6. The summed E-state index contributed by atoms with van der Waals surface area (Å²) < 4.78 is 0. The Hall–Kier alpha value is -2.90. The molecule has 0 saturated heterocycles. The van der Waals surface area contributed by atoms with Gasteiger partial charge in [0.15, 0.2) is 10.3 Å². The third-order valence-electron chi connectivity index (χ3n) is 5.79. The van der Waals surface area contributed by atoms with Crippen molar-refractivity contribution in [1.82, 2.24) is 9.97 Å². The Labute approximate surface area is 222 Å². The van der Waals surface area contributed by atoms with Crippen LogP contribution in [0, 0.1) is 13.8 Å². The lowest BCUT2D eigenvalue weighted by Crippen LogP contribution is -2.04. The molecule has 0 saturated carbocycles. The summed E-state index contributed by atoms with van der Waals surface area (Å²) in [6.45, 7) is 4.12. The molecule has 0 unspecified atom stereocenters. The standard InChI is InChI=1S/C27H22Cl2N4S2/c1-14-3-7-16(8-4-14)22-24(34-26(30)32-22)21(19-12-11-18(28)13-20(19)29)25-23(33-27(31)35-25)17-9-5-15(2)6-10-17/h3-13,21H,1-2H3,(H2,30,32)(H2,31,33). The van der Waals surface area contributed by atoms with Gasteiger partial charge in [0.2, 0.25) is 0 Å².